The zero-order valence-electron chi connectivity index (χ0n) is 14.6. The van der Waals surface area contributed by atoms with E-state index in [9.17, 15) is 5.11 Å². The summed E-state index contributed by atoms with van der Waals surface area (Å²) < 4.78 is 6.06. The van der Waals surface area contributed by atoms with Crippen LogP contribution in [-0.4, -0.2) is 11.4 Å². The van der Waals surface area contributed by atoms with Gasteiger partial charge in [0.25, 0.3) is 0 Å². The van der Waals surface area contributed by atoms with E-state index in [2.05, 4.69) is 60.6 Å². The molecule has 2 rings (SSSR count). The lowest BCUT2D eigenvalue weighted by Crippen LogP contribution is -2.25. The summed E-state index contributed by atoms with van der Waals surface area (Å²) in [6.45, 7) is 15.3. The predicted molar refractivity (Wildman–Crippen MR) is 87.9 cm³/mol. The van der Waals surface area contributed by atoms with Crippen LogP contribution in [0.15, 0.2) is 12.1 Å². The third-order valence-corrected chi connectivity index (χ3v) is 4.11. The summed E-state index contributed by atoms with van der Waals surface area (Å²) in [5.74, 6) is 1.20. The first-order chi connectivity index (χ1) is 9.50. The Morgan fingerprint density at radius 3 is 1.76 bits per heavy atom. The van der Waals surface area contributed by atoms with Crippen molar-refractivity contribution in [1.82, 2.24) is 0 Å². The number of benzene rings is 1. The molecule has 0 radical (unpaired) electrons. The van der Waals surface area contributed by atoms with Crippen LogP contribution in [0.4, 0.5) is 0 Å². The second-order valence-electron chi connectivity index (χ2n) is 8.54. The highest BCUT2D eigenvalue weighted by molar-refractivity contribution is 5.50. The molecule has 2 heteroatoms. The van der Waals surface area contributed by atoms with Crippen LogP contribution < -0.4 is 4.74 Å². The number of hydrogen-bond donors (Lipinski definition) is 1. The van der Waals surface area contributed by atoms with Gasteiger partial charge in [-0.15, -0.1) is 0 Å². The van der Waals surface area contributed by atoms with Crippen LogP contribution >= 0.6 is 0 Å². The second-order valence-corrected chi connectivity index (χ2v) is 8.54. The monoisotopic (exact) mass is 290 g/mol. The van der Waals surface area contributed by atoms with Gasteiger partial charge in [-0.25, -0.2) is 0 Å². The van der Waals surface area contributed by atoms with E-state index in [4.69, 9.17) is 4.74 Å². The molecule has 1 saturated carbocycles. The van der Waals surface area contributed by atoms with Crippen LogP contribution in [0.25, 0.3) is 0 Å². The molecule has 118 valence electrons. The first-order valence-electron chi connectivity index (χ1n) is 8.00. The topological polar surface area (TPSA) is 29.5 Å². The van der Waals surface area contributed by atoms with Gasteiger partial charge in [0.2, 0.25) is 0 Å². The molecule has 0 amide bonds. The van der Waals surface area contributed by atoms with Crippen molar-refractivity contribution in [2.45, 2.75) is 78.4 Å². The normalized spacial score (nSPS) is 17.7. The maximum atomic E-state index is 10.3. The van der Waals surface area contributed by atoms with E-state index in [1.54, 1.807) is 0 Å². The number of aliphatic hydroxyl groups excluding tert-OH is 1. The quantitative estimate of drug-likeness (QED) is 0.818. The molecule has 0 saturated heterocycles. The zero-order chi connectivity index (χ0) is 16.0. The Morgan fingerprint density at radius 2 is 1.43 bits per heavy atom. The maximum absolute atomic E-state index is 10.3. The van der Waals surface area contributed by atoms with E-state index in [0.29, 0.717) is 5.92 Å². The van der Waals surface area contributed by atoms with Crippen molar-refractivity contribution in [3.8, 4) is 5.75 Å². The van der Waals surface area contributed by atoms with Crippen LogP contribution in [-0.2, 0) is 10.8 Å². The molecular weight excluding hydrogens is 260 g/mol. The molecule has 0 spiro atoms. The number of aliphatic hydroxyl groups is 1. The lowest BCUT2D eigenvalue weighted by atomic mass is 9.78. The number of ether oxygens (including phenoxy) is 1. The molecule has 1 aliphatic rings. The molecule has 21 heavy (non-hydrogen) atoms. The summed E-state index contributed by atoms with van der Waals surface area (Å²) in [4.78, 5) is 0. The molecule has 0 bridgehead atoms. The Bertz CT molecular complexity index is 478. The van der Waals surface area contributed by atoms with Crippen LogP contribution in [0.3, 0.4) is 0 Å². The van der Waals surface area contributed by atoms with Crippen LogP contribution in [0.1, 0.15) is 71.1 Å². The summed E-state index contributed by atoms with van der Waals surface area (Å²) in [6, 6.07) is 4.40. The van der Waals surface area contributed by atoms with Crippen molar-refractivity contribution < 1.29 is 9.84 Å². The Labute approximate surface area is 129 Å². The molecule has 1 aromatic carbocycles. The van der Waals surface area contributed by atoms with Crippen molar-refractivity contribution in [3.05, 3.63) is 28.8 Å². The largest absolute Gasteiger partial charge is 0.464 e. The van der Waals surface area contributed by atoms with Crippen molar-refractivity contribution in [2.75, 3.05) is 0 Å². The van der Waals surface area contributed by atoms with Gasteiger partial charge in [0.1, 0.15) is 5.75 Å². The highest BCUT2D eigenvalue weighted by Gasteiger charge is 2.34. The number of aryl methyl sites for hydroxylation is 1. The average molecular weight is 290 g/mol. The third kappa shape index (κ3) is 3.79. The first kappa shape index (κ1) is 16.4. The minimum atomic E-state index is -0.671. The molecule has 1 aromatic rings. The minimum absolute atomic E-state index is 0.00930. The van der Waals surface area contributed by atoms with E-state index < -0.39 is 6.29 Å². The van der Waals surface area contributed by atoms with E-state index in [1.807, 2.05) is 0 Å². The van der Waals surface area contributed by atoms with Crippen molar-refractivity contribution in [3.63, 3.8) is 0 Å². The maximum Gasteiger partial charge on any atom is 0.200 e. The molecule has 1 N–H and O–H groups in total. The van der Waals surface area contributed by atoms with Crippen LogP contribution in [0, 0.1) is 12.8 Å². The molecule has 0 aliphatic heterocycles. The molecule has 1 unspecified atom stereocenters. The fraction of sp³-hybridized carbons (Fsp3) is 0.684. The lowest BCUT2D eigenvalue weighted by molar-refractivity contribution is -0.0363. The summed E-state index contributed by atoms with van der Waals surface area (Å²) in [7, 11) is 0. The molecule has 1 aliphatic carbocycles. The fourth-order valence-corrected chi connectivity index (χ4v) is 2.61. The van der Waals surface area contributed by atoms with E-state index in [-0.39, 0.29) is 10.8 Å². The van der Waals surface area contributed by atoms with Gasteiger partial charge < -0.3 is 9.84 Å². The molecular formula is C19H30O2. The van der Waals surface area contributed by atoms with Crippen LogP contribution in [0.2, 0.25) is 0 Å². The summed E-state index contributed by atoms with van der Waals surface area (Å²) >= 11 is 0. The number of rotatable bonds is 3. The smallest absolute Gasteiger partial charge is 0.200 e. The van der Waals surface area contributed by atoms with E-state index in [0.717, 1.165) is 18.6 Å². The van der Waals surface area contributed by atoms with Gasteiger partial charge in [-0.2, -0.15) is 0 Å². The van der Waals surface area contributed by atoms with Gasteiger partial charge in [0, 0.05) is 17.0 Å². The zero-order valence-corrected chi connectivity index (χ0v) is 14.6. The SMILES string of the molecule is Cc1cc(C(C)(C)C)c(OC(O)C2CC2)c(C(C)(C)C)c1. The molecule has 1 fully saturated rings. The molecule has 0 heterocycles. The Balaban J connectivity index is 2.55. The van der Waals surface area contributed by atoms with Crippen molar-refractivity contribution in [1.29, 1.82) is 0 Å². The lowest BCUT2D eigenvalue weighted by Gasteiger charge is -2.31. The Morgan fingerprint density at radius 1 is 1.00 bits per heavy atom. The van der Waals surface area contributed by atoms with Crippen molar-refractivity contribution >= 4 is 0 Å². The van der Waals surface area contributed by atoms with E-state index >= 15 is 0 Å². The molecule has 1 atom stereocenters. The fourth-order valence-electron chi connectivity index (χ4n) is 2.61. The third-order valence-electron chi connectivity index (χ3n) is 4.11. The Hall–Kier alpha value is -1.02. The summed E-state index contributed by atoms with van der Waals surface area (Å²) in [5.41, 5.74) is 3.60. The van der Waals surface area contributed by atoms with Crippen molar-refractivity contribution in [2.24, 2.45) is 5.92 Å². The van der Waals surface area contributed by atoms with Gasteiger partial charge >= 0.3 is 0 Å². The second kappa shape index (κ2) is 5.31. The first-order valence-corrected chi connectivity index (χ1v) is 8.00. The minimum Gasteiger partial charge on any atom is -0.464 e. The summed E-state index contributed by atoms with van der Waals surface area (Å²) in [6.07, 6.45) is 1.47. The van der Waals surface area contributed by atoms with Gasteiger partial charge in [0.15, 0.2) is 6.29 Å². The number of hydrogen-bond acceptors (Lipinski definition) is 2. The predicted octanol–water partition coefficient (Wildman–Crippen LogP) is 4.70. The van der Waals surface area contributed by atoms with Gasteiger partial charge in [-0.05, 0) is 30.6 Å². The highest BCUT2D eigenvalue weighted by atomic mass is 16.6. The Kier molecular flexibility index (Phi) is 4.14. The highest BCUT2D eigenvalue weighted by Crippen LogP contribution is 2.43. The molecule has 0 aromatic heterocycles. The molecule has 2 nitrogen and oxygen atoms in total. The van der Waals surface area contributed by atoms with E-state index in [1.165, 1.54) is 16.7 Å². The van der Waals surface area contributed by atoms with Gasteiger partial charge in [-0.1, -0.05) is 59.2 Å². The summed E-state index contributed by atoms with van der Waals surface area (Å²) in [5, 5.41) is 10.3. The average Bonchev–Trinajstić information content (AvgIpc) is 3.11. The van der Waals surface area contributed by atoms with Gasteiger partial charge in [0.05, 0.1) is 0 Å². The van der Waals surface area contributed by atoms with Gasteiger partial charge in [-0.3, -0.25) is 0 Å². The standard InChI is InChI=1S/C19H30O2/c1-12-10-14(18(2,3)4)16(15(11-12)19(5,6)7)21-17(20)13-8-9-13/h10-11,13,17,20H,8-9H2,1-7H3. The van der Waals surface area contributed by atoms with Crippen LogP contribution in [0.5, 0.6) is 5.75 Å².